The van der Waals surface area contributed by atoms with Crippen molar-refractivity contribution < 1.29 is 4.74 Å². The molecule has 0 spiro atoms. The molecule has 1 unspecified atom stereocenters. The van der Waals surface area contributed by atoms with Gasteiger partial charge in [-0.15, -0.1) is 11.5 Å². The van der Waals surface area contributed by atoms with Crippen molar-refractivity contribution in [1.82, 2.24) is 24.5 Å². The molecule has 0 amide bonds. The van der Waals surface area contributed by atoms with Gasteiger partial charge in [0.15, 0.2) is 0 Å². The minimum Gasteiger partial charge on any atom is -0.497 e. The van der Waals surface area contributed by atoms with Crippen LogP contribution in [0.1, 0.15) is 28.6 Å². The van der Waals surface area contributed by atoms with Gasteiger partial charge in [0.25, 0.3) is 0 Å². The van der Waals surface area contributed by atoms with E-state index in [1.807, 2.05) is 41.1 Å². The molecule has 4 aromatic rings. The summed E-state index contributed by atoms with van der Waals surface area (Å²) in [5, 5.41) is 8.56. The summed E-state index contributed by atoms with van der Waals surface area (Å²) in [5.74, 6) is 3.46. The highest BCUT2D eigenvalue weighted by atomic mass is 16.5. The summed E-state index contributed by atoms with van der Waals surface area (Å²) in [7, 11) is 1.65. The number of ether oxygens (including phenoxy) is 1. The molecule has 1 atom stereocenters. The van der Waals surface area contributed by atoms with Crippen LogP contribution in [0.4, 0.5) is 0 Å². The quantitative estimate of drug-likeness (QED) is 0.522. The Balaban J connectivity index is 1.79. The number of rotatable bonds is 3. The molecular formula is C22H17N5O. The molecule has 28 heavy (non-hydrogen) atoms. The molecule has 6 nitrogen and oxygen atoms in total. The third-order valence-corrected chi connectivity index (χ3v) is 5.16. The van der Waals surface area contributed by atoms with Gasteiger partial charge in [-0.1, -0.05) is 35.5 Å². The molecule has 2 aromatic carbocycles. The normalized spacial score (nSPS) is 14.4. The van der Waals surface area contributed by atoms with Gasteiger partial charge in [-0.2, -0.15) is 0 Å². The number of benzene rings is 2. The first kappa shape index (κ1) is 16.3. The highest BCUT2D eigenvalue weighted by Gasteiger charge is 2.31. The fourth-order valence-electron chi connectivity index (χ4n) is 3.86. The van der Waals surface area contributed by atoms with Crippen LogP contribution in [-0.4, -0.2) is 31.7 Å². The van der Waals surface area contributed by atoms with Crippen molar-refractivity contribution in [2.24, 2.45) is 0 Å². The molecule has 0 aliphatic carbocycles. The van der Waals surface area contributed by atoms with Crippen molar-refractivity contribution in [3.63, 3.8) is 0 Å². The Hall–Kier alpha value is -3.85. The minimum absolute atomic E-state index is 0.0376. The monoisotopic (exact) mass is 367 g/mol. The van der Waals surface area contributed by atoms with Crippen LogP contribution in [0.2, 0.25) is 0 Å². The number of hydrogen-bond acceptors (Lipinski definition) is 4. The van der Waals surface area contributed by atoms with Crippen molar-refractivity contribution in [2.45, 2.75) is 12.3 Å². The van der Waals surface area contributed by atoms with Crippen molar-refractivity contribution in [2.75, 3.05) is 7.11 Å². The Kier molecular flexibility index (Phi) is 3.73. The lowest BCUT2D eigenvalue weighted by Gasteiger charge is -2.16. The molecule has 0 bridgehead atoms. The molecule has 3 heterocycles. The Morgan fingerprint density at radius 3 is 2.79 bits per heavy atom. The Labute approximate surface area is 162 Å². The molecular weight excluding hydrogens is 350 g/mol. The zero-order valence-electron chi connectivity index (χ0n) is 15.3. The fraction of sp³-hybridized carbons (Fsp3) is 0.136. The number of aromatic nitrogens is 5. The topological polar surface area (TPSA) is 57.8 Å². The van der Waals surface area contributed by atoms with Gasteiger partial charge in [0.05, 0.1) is 42.0 Å². The van der Waals surface area contributed by atoms with Gasteiger partial charge in [0, 0.05) is 6.07 Å². The van der Waals surface area contributed by atoms with Crippen LogP contribution in [0.5, 0.6) is 5.75 Å². The summed E-state index contributed by atoms with van der Waals surface area (Å²) in [6, 6.07) is 16.2. The summed E-state index contributed by atoms with van der Waals surface area (Å²) in [5.41, 5.74) is 5.60. The van der Waals surface area contributed by atoms with Gasteiger partial charge in [-0.3, -0.25) is 4.57 Å². The summed E-state index contributed by atoms with van der Waals surface area (Å²) in [6.07, 6.45) is 10.2. The zero-order chi connectivity index (χ0) is 19.1. The third-order valence-electron chi connectivity index (χ3n) is 5.16. The van der Waals surface area contributed by atoms with Crippen molar-refractivity contribution >= 4 is 0 Å². The highest BCUT2D eigenvalue weighted by Crippen LogP contribution is 2.38. The number of hydrogen-bond donors (Lipinski definition) is 0. The van der Waals surface area contributed by atoms with Crippen LogP contribution in [0, 0.1) is 12.3 Å². The van der Waals surface area contributed by atoms with Crippen molar-refractivity contribution in [3.8, 4) is 29.5 Å². The van der Waals surface area contributed by atoms with Gasteiger partial charge in [-0.05, 0) is 30.0 Å². The largest absolute Gasteiger partial charge is 0.497 e. The van der Waals surface area contributed by atoms with Gasteiger partial charge in [0.2, 0.25) is 0 Å². The standard InChI is InChI=1S/C22H17N5O/c1-3-18-22-17(11-15-7-5-4-6-8-15)21-13-24-25-27(21)20-12-16(28-2)9-10-19(20)26(22)14-23-18/h1,4-10,12-14,17H,11H2,2H3. The van der Waals surface area contributed by atoms with Crippen LogP contribution in [0.25, 0.3) is 11.4 Å². The van der Waals surface area contributed by atoms with Gasteiger partial charge in [-0.25, -0.2) is 9.67 Å². The zero-order valence-corrected chi connectivity index (χ0v) is 15.3. The first-order valence-electron chi connectivity index (χ1n) is 8.97. The Morgan fingerprint density at radius 2 is 2.00 bits per heavy atom. The SMILES string of the molecule is C#Cc1ncn2c1C(Cc1ccccc1)c1cnnn1-c1cc(OC)ccc1-2. The van der Waals surface area contributed by atoms with Gasteiger partial charge >= 0.3 is 0 Å². The maximum Gasteiger partial charge on any atom is 0.135 e. The number of fused-ring (bicyclic) bond motifs is 5. The first-order valence-corrected chi connectivity index (χ1v) is 8.97. The van der Waals surface area contributed by atoms with Crippen LogP contribution >= 0.6 is 0 Å². The van der Waals surface area contributed by atoms with E-state index in [2.05, 4.69) is 37.9 Å². The lowest BCUT2D eigenvalue weighted by molar-refractivity contribution is 0.414. The van der Waals surface area contributed by atoms with E-state index in [0.29, 0.717) is 5.69 Å². The molecule has 0 fully saturated rings. The van der Waals surface area contributed by atoms with E-state index >= 15 is 0 Å². The van der Waals surface area contributed by atoms with Crippen molar-refractivity contribution in [3.05, 3.63) is 83.7 Å². The van der Waals surface area contributed by atoms with E-state index in [-0.39, 0.29) is 5.92 Å². The summed E-state index contributed by atoms with van der Waals surface area (Å²) in [6.45, 7) is 0. The Morgan fingerprint density at radius 1 is 1.14 bits per heavy atom. The number of methoxy groups -OCH3 is 1. The number of nitrogens with zero attached hydrogens (tertiary/aromatic N) is 5. The summed E-state index contributed by atoms with van der Waals surface area (Å²) < 4.78 is 9.37. The second-order valence-corrected chi connectivity index (χ2v) is 6.66. The predicted molar refractivity (Wildman–Crippen MR) is 105 cm³/mol. The summed E-state index contributed by atoms with van der Waals surface area (Å²) >= 11 is 0. The molecule has 1 aliphatic heterocycles. The van der Waals surface area contributed by atoms with E-state index < -0.39 is 0 Å². The molecule has 0 N–H and O–H groups in total. The average molecular weight is 367 g/mol. The maximum atomic E-state index is 5.80. The number of terminal acetylenes is 1. The molecule has 0 saturated heterocycles. The highest BCUT2D eigenvalue weighted by molar-refractivity contribution is 5.60. The molecule has 2 aromatic heterocycles. The molecule has 1 aliphatic rings. The van der Waals surface area contributed by atoms with Crippen LogP contribution < -0.4 is 4.74 Å². The smallest absolute Gasteiger partial charge is 0.135 e. The molecule has 6 heteroatoms. The molecule has 5 rings (SSSR count). The Bertz CT molecular complexity index is 1200. The minimum atomic E-state index is -0.0376. The van der Waals surface area contributed by atoms with E-state index in [1.54, 1.807) is 19.6 Å². The third kappa shape index (κ3) is 2.41. The second-order valence-electron chi connectivity index (χ2n) is 6.66. The fourth-order valence-corrected chi connectivity index (χ4v) is 3.86. The van der Waals surface area contributed by atoms with Crippen LogP contribution in [-0.2, 0) is 6.42 Å². The van der Waals surface area contributed by atoms with E-state index in [0.717, 1.165) is 34.9 Å². The number of imidazole rings is 1. The predicted octanol–water partition coefficient (Wildman–Crippen LogP) is 3.13. The van der Waals surface area contributed by atoms with Gasteiger partial charge in [0.1, 0.15) is 17.8 Å². The lowest BCUT2D eigenvalue weighted by atomic mass is 9.92. The van der Waals surface area contributed by atoms with Gasteiger partial charge < -0.3 is 4.74 Å². The summed E-state index contributed by atoms with van der Waals surface area (Å²) in [4.78, 5) is 4.49. The lowest BCUT2D eigenvalue weighted by Crippen LogP contribution is -2.12. The molecule has 0 radical (unpaired) electrons. The second kappa shape index (κ2) is 6.39. The molecule has 136 valence electrons. The maximum absolute atomic E-state index is 5.80. The van der Waals surface area contributed by atoms with Crippen LogP contribution in [0.15, 0.2) is 61.1 Å². The first-order chi connectivity index (χ1) is 13.8. The van der Waals surface area contributed by atoms with E-state index in [1.165, 1.54) is 5.56 Å². The van der Waals surface area contributed by atoms with Crippen molar-refractivity contribution in [1.29, 1.82) is 0 Å². The average Bonchev–Trinajstić information content (AvgIpc) is 3.37. The van der Waals surface area contributed by atoms with E-state index in [4.69, 9.17) is 11.2 Å². The molecule has 0 saturated carbocycles. The van der Waals surface area contributed by atoms with Crippen LogP contribution in [0.3, 0.4) is 0 Å². The van der Waals surface area contributed by atoms with E-state index in [9.17, 15) is 0 Å².